The first kappa shape index (κ1) is 21.1. The Morgan fingerprint density at radius 2 is 1.69 bits per heavy atom. The van der Waals surface area contributed by atoms with E-state index in [-0.39, 0.29) is 24.2 Å². The van der Waals surface area contributed by atoms with Crippen molar-refractivity contribution in [3.63, 3.8) is 0 Å². The smallest absolute Gasteiger partial charge is 0.244 e. The molecule has 1 aliphatic carbocycles. The van der Waals surface area contributed by atoms with Gasteiger partial charge in [0.15, 0.2) is 0 Å². The molecule has 1 heterocycles. The molecule has 26 heavy (non-hydrogen) atoms. The standard InChI is InChI=1S/C19H27N3O2S.ClH/c20-19(8-2-1-3-9-19)18(24)21-16-6-4-15(5-7-16)14-17(23)22-10-12-25-13-11-22;/h4-7H,1-3,8-14,20H2,(H,21,24);1H. The van der Waals surface area contributed by atoms with E-state index in [9.17, 15) is 9.59 Å². The van der Waals surface area contributed by atoms with E-state index in [0.29, 0.717) is 6.42 Å². The summed E-state index contributed by atoms with van der Waals surface area (Å²) in [5.41, 5.74) is 7.24. The first-order valence-electron chi connectivity index (χ1n) is 9.12. The number of carbonyl (C=O) groups excluding carboxylic acids is 2. The number of nitrogens with zero attached hydrogens (tertiary/aromatic N) is 1. The van der Waals surface area contributed by atoms with Crippen LogP contribution < -0.4 is 11.1 Å². The van der Waals surface area contributed by atoms with Crippen molar-refractivity contribution in [1.82, 2.24) is 4.90 Å². The summed E-state index contributed by atoms with van der Waals surface area (Å²) in [6.45, 7) is 1.69. The quantitative estimate of drug-likeness (QED) is 0.819. The SMILES string of the molecule is Cl.NC1(C(=O)Nc2ccc(CC(=O)N3CCSCC3)cc2)CCCCC1. The molecule has 1 saturated carbocycles. The predicted molar refractivity (Wildman–Crippen MR) is 110 cm³/mol. The molecule has 2 fully saturated rings. The third-order valence-electron chi connectivity index (χ3n) is 5.13. The van der Waals surface area contributed by atoms with Gasteiger partial charge < -0.3 is 16.0 Å². The molecule has 1 aromatic rings. The van der Waals surface area contributed by atoms with Crippen LogP contribution in [-0.2, 0) is 16.0 Å². The molecule has 7 heteroatoms. The number of thioether (sulfide) groups is 1. The zero-order valence-electron chi connectivity index (χ0n) is 15.0. The van der Waals surface area contributed by atoms with Crippen molar-refractivity contribution in [2.75, 3.05) is 29.9 Å². The van der Waals surface area contributed by atoms with Gasteiger partial charge in [0.1, 0.15) is 0 Å². The van der Waals surface area contributed by atoms with Crippen molar-refractivity contribution in [1.29, 1.82) is 0 Å². The number of hydrogen-bond acceptors (Lipinski definition) is 4. The zero-order chi connectivity index (χ0) is 17.7. The highest BCUT2D eigenvalue weighted by Gasteiger charge is 2.35. The van der Waals surface area contributed by atoms with Gasteiger partial charge in [-0.1, -0.05) is 31.4 Å². The first-order chi connectivity index (χ1) is 12.1. The van der Waals surface area contributed by atoms with Crippen molar-refractivity contribution in [2.45, 2.75) is 44.1 Å². The molecule has 1 aliphatic heterocycles. The molecule has 3 N–H and O–H groups in total. The molecule has 1 aromatic carbocycles. The normalized spacial score (nSPS) is 19.3. The minimum atomic E-state index is -0.737. The van der Waals surface area contributed by atoms with E-state index in [1.165, 1.54) is 0 Å². The minimum absolute atomic E-state index is 0. The fourth-order valence-corrected chi connectivity index (χ4v) is 4.37. The second kappa shape index (κ2) is 9.62. The number of halogens is 1. The van der Waals surface area contributed by atoms with Gasteiger partial charge in [-0.05, 0) is 30.5 Å². The summed E-state index contributed by atoms with van der Waals surface area (Å²) in [5.74, 6) is 2.14. The van der Waals surface area contributed by atoms with E-state index in [0.717, 1.165) is 68.0 Å². The zero-order valence-corrected chi connectivity index (χ0v) is 16.7. The molecule has 0 aromatic heterocycles. The molecular weight excluding hydrogens is 370 g/mol. The van der Waals surface area contributed by atoms with Crippen molar-refractivity contribution < 1.29 is 9.59 Å². The fraction of sp³-hybridized carbons (Fsp3) is 0.579. The van der Waals surface area contributed by atoms with Gasteiger partial charge in [-0.15, -0.1) is 12.4 Å². The van der Waals surface area contributed by atoms with Crippen LogP contribution >= 0.6 is 24.2 Å². The number of nitrogens with two attached hydrogens (primary N) is 1. The lowest BCUT2D eigenvalue weighted by molar-refractivity contribution is -0.130. The molecule has 0 atom stereocenters. The van der Waals surface area contributed by atoms with Gasteiger partial charge in [0, 0.05) is 30.3 Å². The van der Waals surface area contributed by atoms with E-state index >= 15 is 0 Å². The van der Waals surface area contributed by atoms with Gasteiger partial charge in [0.2, 0.25) is 11.8 Å². The Labute approximate surface area is 165 Å². The Morgan fingerprint density at radius 3 is 2.31 bits per heavy atom. The molecule has 0 bridgehead atoms. The third kappa shape index (κ3) is 5.38. The molecule has 1 saturated heterocycles. The van der Waals surface area contributed by atoms with Crippen LogP contribution in [0.4, 0.5) is 5.69 Å². The van der Waals surface area contributed by atoms with Gasteiger partial charge in [-0.25, -0.2) is 0 Å². The maximum absolute atomic E-state index is 12.5. The summed E-state index contributed by atoms with van der Waals surface area (Å²) in [7, 11) is 0. The lowest BCUT2D eigenvalue weighted by atomic mass is 9.82. The number of hydrogen-bond donors (Lipinski definition) is 2. The lowest BCUT2D eigenvalue weighted by Gasteiger charge is -2.31. The number of carbonyl (C=O) groups is 2. The Kier molecular flexibility index (Phi) is 7.80. The van der Waals surface area contributed by atoms with Crippen LogP contribution in [0.25, 0.3) is 0 Å². The molecule has 144 valence electrons. The molecule has 0 unspecified atom stereocenters. The number of benzene rings is 1. The van der Waals surface area contributed by atoms with E-state index in [4.69, 9.17) is 5.73 Å². The van der Waals surface area contributed by atoms with E-state index in [1.807, 2.05) is 40.9 Å². The lowest BCUT2D eigenvalue weighted by Crippen LogP contribution is -2.52. The topological polar surface area (TPSA) is 75.4 Å². The van der Waals surface area contributed by atoms with Crippen molar-refractivity contribution in [3.05, 3.63) is 29.8 Å². The molecule has 5 nitrogen and oxygen atoms in total. The van der Waals surface area contributed by atoms with Crippen LogP contribution in [0.1, 0.15) is 37.7 Å². The Balaban J connectivity index is 0.00000243. The van der Waals surface area contributed by atoms with Gasteiger partial charge in [0.05, 0.1) is 12.0 Å². The maximum atomic E-state index is 12.5. The number of anilines is 1. The summed E-state index contributed by atoms with van der Waals surface area (Å²) in [5, 5.41) is 2.93. The van der Waals surface area contributed by atoms with Gasteiger partial charge in [-0.3, -0.25) is 9.59 Å². The largest absolute Gasteiger partial charge is 0.341 e. The highest BCUT2D eigenvalue weighted by atomic mass is 35.5. The summed E-state index contributed by atoms with van der Waals surface area (Å²) in [4.78, 5) is 26.7. The first-order valence-corrected chi connectivity index (χ1v) is 10.3. The Bertz CT molecular complexity index is 612. The fourth-order valence-electron chi connectivity index (χ4n) is 3.47. The molecule has 0 radical (unpaired) electrons. The Hall–Kier alpha value is -1.24. The molecule has 0 spiro atoms. The molecular formula is C19H28ClN3O2S. The molecule has 2 amide bonds. The second-order valence-corrected chi connectivity index (χ2v) is 8.26. The summed E-state index contributed by atoms with van der Waals surface area (Å²) < 4.78 is 0. The monoisotopic (exact) mass is 397 g/mol. The summed E-state index contributed by atoms with van der Waals surface area (Å²) >= 11 is 1.90. The average molecular weight is 398 g/mol. The van der Waals surface area contributed by atoms with Crippen molar-refractivity contribution in [2.24, 2.45) is 5.73 Å². The predicted octanol–water partition coefficient (Wildman–Crippen LogP) is 2.83. The number of rotatable bonds is 4. The minimum Gasteiger partial charge on any atom is -0.341 e. The second-order valence-electron chi connectivity index (χ2n) is 7.04. The third-order valence-corrected chi connectivity index (χ3v) is 6.07. The van der Waals surface area contributed by atoms with E-state index < -0.39 is 5.54 Å². The van der Waals surface area contributed by atoms with Crippen LogP contribution in [0.2, 0.25) is 0 Å². The maximum Gasteiger partial charge on any atom is 0.244 e. The number of amides is 2. The van der Waals surface area contributed by atoms with Crippen LogP contribution in [0.15, 0.2) is 24.3 Å². The summed E-state index contributed by atoms with van der Waals surface area (Å²) in [6.07, 6.45) is 5.10. The van der Waals surface area contributed by atoms with E-state index in [2.05, 4.69) is 5.32 Å². The van der Waals surface area contributed by atoms with Crippen LogP contribution in [0.5, 0.6) is 0 Å². The summed E-state index contributed by atoms with van der Waals surface area (Å²) in [6, 6.07) is 7.55. The highest BCUT2D eigenvalue weighted by molar-refractivity contribution is 7.99. The molecule has 3 rings (SSSR count). The highest BCUT2D eigenvalue weighted by Crippen LogP contribution is 2.27. The Morgan fingerprint density at radius 1 is 1.08 bits per heavy atom. The van der Waals surface area contributed by atoms with Crippen molar-refractivity contribution in [3.8, 4) is 0 Å². The van der Waals surface area contributed by atoms with Gasteiger partial charge >= 0.3 is 0 Å². The van der Waals surface area contributed by atoms with Crippen LogP contribution in [0.3, 0.4) is 0 Å². The average Bonchev–Trinajstić information content (AvgIpc) is 2.64. The van der Waals surface area contributed by atoms with Gasteiger partial charge in [-0.2, -0.15) is 11.8 Å². The van der Waals surface area contributed by atoms with E-state index in [1.54, 1.807) is 0 Å². The van der Waals surface area contributed by atoms with Crippen LogP contribution in [0, 0.1) is 0 Å². The molecule has 2 aliphatic rings. The van der Waals surface area contributed by atoms with Gasteiger partial charge in [0.25, 0.3) is 0 Å². The van der Waals surface area contributed by atoms with Crippen molar-refractivity contribution >= 4 is 41.7 Å². The number of nitrogens with one attached hydrogen (secondary N) is 1. The van der Waals surface area contributed by atoms with Crippen LogP contribution in [-0.4, -0.2) is 46.8 Å².